The molecule has 0 saturated heterocycles. The van der Waals surface area contributed by atoms with E-state index in [0.717, 1.165) is 25.7 Å². The summed E-state index contributed by atoms with van der Waals surface area (Å²) in [6, 6.07) is -0.447. The second-order valence-electron chi connectivity index (χ2n) is 5.83. The zero-order valence-corrected chi connectivity index (χ0v) is 13.1. The highest BCUT2D eigenvalue weighted by Crippen LogP contribution is 2.23. The minimum Gasteiger partial charge on any atom is -0.393 e. The number of aliphatic hydroxyl groups is 1. The smallest absolute Gasteiger partial charge is 0.266 e. The molecule has 10 nitrogen and oxygen atoms in total. The molecule has 0 aromatic carbocycles. The highest BCUT2D eigenvalue weighted by molar-refractivity contribution is 5.79. The lowest BCUT2D eigenvalue weighted by Crippen LogP contribution is -2.44. The zero-order valence-electron chi connectivity index (χ0n) is 13.1. The number of primary amides is 1. The van der Waals surface area contributed by atoms with E-state index < -0.39 is 17.0 Å². The van der Waals surface area contributed by atoms with Gasteiger partial charge in [-0.25, -0.2) is 10.1 Å². The molecule has 1 amide bonds. The fourth-order valence-electron chi connectivity index (χ4n) is 2.65. The Morgan fingerprint density at radius 2 is 2.00 bits per heavy atom. The third-order valence-corrected chi connectivity index (χ3v) is 3.98. The third kappa shape index (κ3) is 8.31. The molecule has 0 unspecified atom stereocenters. The summed E-state index contributed by atoms with van der Waals surface area (Å²) in [6.45, 7) is 1.06. The van der Waals surface area contributed by atoms with Crippen molar-refractivity contribution in [1.82, 2.24) is 10.6 Å². The van der Waals surface area contributed by atoms with Crippen LogP contribution in [0.2, 0.25) is 0 Å². The molecule has 7 N–H and O–H groups in total. The van der Waals surface area contributed by atoms with E-state index in [4.69, 9.17) is 11.5 Å². The molecule has 0 heterocycles. The summed E-state index contributed by atoms with van der Waals surface area (Å²) in [5, 5.41) is 27.4. The number of nitrogens with two attached hydrogens (primary N) is 2. The number of amides is 1. The van der Waals surface area contributed by atoms with Gasteiger partial charge in [-0.3, -0.25) is 4.79 Å². The Kier molecular flexibility index (Phi) is 8.27. The van der Waals surface area contributed by atoms with Crippen LogP contribution in [0.15, 0.2) is 5.10 Å². The summed E-state index contributed by atoms with van der Waals surface area (Å²) < 4.78 is 0. The highest BCUT2D eigenvalue weighted by Gasteiger charge is 2.21. The fraction of sp³-hybridized carbons (Fsp3) is 0.846. The summed E-state index contributed by atoms with van der Waals surface area (Å²) in [7, 11) is 0. The monoisotopic (exact) mass is 330 g/mol. The molecule has 0 aliphatic heterocycles. The SMILES string of the molecule is NC(=O)[C@@H](CCCNC(N)=N[N+](=O)[O-])NCC1CCC(O)CC1. The van der Waals surface area contributed by atoms with Crippen molar-refractivity contribution < 1.29 is 14.9 Å². The summed E-state index contributed by atoms with van der Waals surface area (Å²) in [4.78, 5) is 21.6. The number of nitrogens with one attached hydrogen (secondary N) is 2. The first-order chi connectivity index (χ1) is 10.9. The van der Waals surface area contributed by atoms with Crippen LogP contribution in [0, 0.1) is 16.0 Å². The van der Waals surface area contributed by atoms with Crippen LogP contribution in [0.4, 0.5) is 0 Å². The van der Waals surface area contributed by atoms with Crippen LogP contribution < -0.4 is 22.1 Å². The molecular formula is C13H26N6O4. The molecule has 132 valence electrons. The van der Waals surface area contributed by atoms with E-state index in [9.17, 15) is 20.0 Å². The first-order valence-electron chi connectivity index (χ1n) is 7.81. The number of hydrogen-bond donors (Lipinski definition) is 5. The van der Waals surface area contributed by atoms with Gasteiger partial charge < -0.3 is 27.2 Å². The molecule has 0 radical (unpaired) electrons. The zero-order chi connectivity index (χ0) is 17.2. The van der Waals surface area contributed by atoms with Gasteiger partial charge in [0.1, 0.15) is 5.10 Å². The average Bonchev–Trinajstić information content (AvgIpc) is 2.47. The van der Waals surface area contributed by atoms with Gasteiger partial charge in [-0.1, -0.05) is 0 Å². The van der Waals surface area contributed by atoms with Gasteiger partial charge in [0.15, 0.2) is 5.03 Å². The van der Waals surface area contributed by atoms with Gasteiger partial charge in [-0.15, -0.1) is 0 Å². The van der Waals surface area contributed by atoms with Crippen LogP contribution >= 0.6 is 0 Å². The van der Waals surface area contributed by atoms with E-state index in [1.807, 2.05) is 0 Å². The van der Waals surface area contributed by atoms with Crippen molar-refractivity contribution in [2.45, 2.75) is 50.7 Å². The molecule has 23 heavy (non-hydrogen) atoms. The van der Waals surface area contributed by atoms with Crippen LogP contribution in [-0.2, 0) is 4.79 Å². The largest absolute Gasteiger partial charge is 0.393 e. The summed E-state index contributed by atoms with van der Waals surface area (Å²) in [5.41, 5.74) is 10.7. The molecule has 1 atom stereocenters. The lowest BCUT2D eigenvalue weighted by Gasteiger charge is -2.27. The molecule has 1 saturated carbocycles. The van der Waals surface area contributed by atoms with Gasteiger partial charge in [-0.2, -0.15) is 0 Å². The van der Waals surface area contributed by atoms with E-state index in [2.05, 4.69) is 15.7 Å². The molecule has 0 bridgehead atoms. The van der Waals surface area contributed by atoms with E-state index in [1.54, 1.807) is 0 Å². The predicted molar refractivity (Wildman–Crippen MR) is 84.8 cm³/mol. The Balaban J connectivity index is 2.24. The van der Waals surface area contributed by atoms with Crippen LogP contribution in [0.3, 0.4) is 0 Å². The maximum Gasteiger partial charge on any atom is 0.266 e. The Bertz CT molecular complexity index is 423. The topological polar surface area (TPSA) is 169 Å². The average molecular weight is 330 g/mol. The lowest BCUT2D eigenvalue weighted by molar-refractivity contribution is -0.485. The number of hydrogen-bond acceptors (Lipinski definition) is 5. The lowest BCUT2D eigenvalue weighted by atomic mass is 9.87. The molecule has 0 aromatic heterocycles. The molecule has 1 rings (SSSR count). The fourth-order valence-corrected chi connectivity index (χ4v) is 2.65. The van der Waals surface area contributed by atoms with Crippen molar-refractivity contribution in [2.24, 2.45) is 22.5 Å². The van der Waals surface area contributed by atoms with Crippen LogP contribution in [0.5, 0.6) is 0 Å². The minimum absolute atomic E-state index is 0.199. The molecule has 10 heteroatoms. The quantitative estimate of drug-likeness (QED) is 0.117. The minimum atomic E-state index is -0.878. The predicted octanol–water partition coefficient (Wildman–Crippen LogP) is -1.14. The molecule has 1 fully saturated rings. The molecular weight excluding hydrogens is 304 g/mol. The second-order valence-corrected chi connectivity index (χ2v) is 5.83. The van der Waals surface area contributed by atoms with Crippen molar-refractivity contribution in [3.05, 3.63) is 10.1 Å². The van der Waals surface area contributed by atoms with Crippen LogP contribution in [0.25, 0.3) is 0 Å². The Hall–Kier alpha value is -1.94. The summed E-state index contributed by atoms with van der Waals surface area (Å²) in [5.74, 6) is -0.242. The second kappa shape index (κ2) is 9.95. The Morgan fingerprint density at radius 1 is 1.35 bits per heavy atom. The van der Waals surface area contributed by atoms with Crippen molar-refractivity contribution in [2.75, 3.05) is 13.1 Å². The Morgan fingerprint density at radius 3 is 2.57 bits per heavy atom. The van der Waals surface area contributed by atoms with Gasteiger partial charge in [0.25, 0.3) is 5.96 Å². The standard InChI is InChI=1S/C13H26N6O4/c14-12(21)11(2-1-7-16-13(15)18-19(22)23)17-8-9-3-5-10(20)6-4-9/h9-11,17,20H,1-8H2,(H2,14,21)(H3,15,16,18)/t9?,10?,11-/m1/s1. The maximum absolute atomic E-state index is 11.5. The van der Waals surface area contributed by atoms with Gasteiger partial charge in [0.2, 0.25) is 5.91 Å². The summed E-state index contributed by atoms with van der Waals surface area (Å²) in [6.07, 6.45) is 4.35. The van der Waals surface area contributed by atoms with E-state index in [-0.39, 0.29) is 12.1 Å². The number of hydrazone groups is 1. The number of carbonyl (C=O) groups is 1. The maximum atomic E-state index is 11.5. The number of guanidine groups is 1. The molecule has 0 spiro atoms. The summed E-state index contributed by atoms with van der Waals surface area (Å²) >= 11 is 0. The number of rotatable bonds is 9. The first kappa shape index (κ1) is 19.1. The van der Waals surface area contributed by atoms with Crippen molar-refractivity contribution in [3.63, 3.8) is 0 Å². The molecule has 0 aromatic rings. The van der Waals surface area contributed by atoms with Crippen molar-refractivity contribution >= 4 is 11.9 Å². The number of aliphatic hydroxyl groups excluding tert-OH is 1. The van der Waals surface area contributed by atoms with E-state index in [1.165, 1.54) is 0 Å². The van der Waals surface area contributed by atoms with Crippen molar-refractivity contribution in [1.29, 1.82) is 0 Å². The van der Waals surface area contributed by atoms with E-state index >= 15 is 0 Å². The first-order valence-corrected chi connectivity index (χ1v) is 7.81. The van der Waals surface area contributed by atoms with Gasteiger partial charge >= 0.3 is 0 Å². The van der Waals surface area contributed by atoms with E-state index in [0.29, 0.717) is 31.8 Å². The molecule has 1 aliphatic carbocycles. The van der Waals surface area contributed by atoms with Crippen LogP contribution in [-0.4, -0.2) is 47.2 Å². The number of nitrogens with zero attached hydrogens (tertiary/aromatic N) is 2. The van der Waals surface area contributed by atoms with Crippen molar-refractivity contribution in [3.8, 4) is 0 Å². The van der Waals surface area contributed by atoms with Gasteiger partial charge in [0, 0.05) is 6.54 Å². The number of nitro groups is 1. The highest BCUT2D eigenvalue weighted by atomic mass is 16.7. The van der Waals surface area contributed by atoms with Crippen LogP contribution in [0.1, 0.15) is 38.5 Å². The molecule has 1 aliphatic rings. The van der Waals surface area contributed by atoms with Gasteiger partial charge in [-0.05, 0) is 51.0 Å². The third-order valence-electron chi connectivity index (χ3n) is 3.98. The van der Waals surface area contributed by atoms with Gasteiger partial charge in [0.05, 0.1) is 12.1 Å². The number of carbonyl (C=O) groups excluding carboxylic acids is 1. The Labute approximate surface area is 134 Å². The normalized spacial score (nSPS) is 23.3.